The third-order valence-corrected chi connectivity index (χ3v) is 7.97. The molecular weight excluding hydrogens is 526 g/mol. The number of carbonyl (C=O) groups is 1. The second kappa shape index (κ2) is 11.8. The lowest BCUT2D eigenvalue weighted by Crippen LogP contribution is -2.42. The monoisotopic (exact) mass is 559 g/mol. The molecule has 1 saturated heterocycles. The number of para-hydroxylation sites is 3. The van der Waals surface area contributed by atoms with E-state index in [1.165, 1.54) is 6.26 Å². The van der Waals surface area contributed by atoms with Crippen LogP contribution in [-0.2, 0) is 14.3 Å². The van der Waals surface area contributed by atoms with Gasteiger partial charge in [-0.1, -0.05) is 24.3 Å². The number of aromatic amines is 1. The number of ether oxygens (including phenoxy) is 2. The summed E-state index contributed by atoms with van der Waals surface area (Å²) in [6, 6.07) is 14.7. The third-order valence-electron chi connectivity index (χ3n) is 7.97. The van der Waals surface area contributed by atoms with E-state index in [9.17, 15) is 14.4 Å². The summed E-state index contributed by atoms with van der Waals surface area (Å²) >= 11 is 0. The fourth-order valence-corrected chi connectivity index (χ4v) is 5.82. The molecule has 1 amide bonds. The van der Waals surface area contributed by atoms with E-state index in [2.05, 4.69) is 4.98 Å². The molecule has 2 N–H and O–H groups in total. The lowest BCUT2D eigenvalue weighted by Gasteiger charge is -2.35. The maximum Gasteiger partial charge on any atom is 0.326 e. The van der Waals surface area contributed by atoms with Gasteiger partial charge in [0.05, 0.1) is 29.3 Å². The second-order valence-corrected chi connectivity index (χ2v) is 10.6. The van der Waals surface area contributed by atoms with Gasteiger partial charge in [-0.25, -0.2) is 4.79 Å². The Bertz CT molecular complexity index is 1690. The molecule has 10 heteroatoms. The van der Waals surface area contributed by atoms with Gasteiger partial charge in [0.2, 0.25) is 6.29 Å². The van der Waals surface area contributed by atoms with Gasteiger partial charge in [0.25, 0.3) is 5.91 Å². The lowest BCUT2D eigenvalue weighted by molar-refractivity contribution is -0.153. The molecule has 2 aliphatic rings. The molecule has 2 atom stereocenters. The zero-order valence-corrected chi connectivity index (χ0v) is 22.7. The molecule has 2 aromatic carbocycles. The number of unbranched alkanes of at least 4 members (excludes halogenated alkanes) is 1. The minimum Gasteiger partial charge on any atom is -0.464 e. The Hall–Kier alpha value is -4.15. The largest absolute Gasteiger partial charge is 0.464 e. The summed E-state index contributed by atoms with van der Waals surface area (Å²) in [6.07, 6.45) is 5.28. The normalized spacial score (nSPS) is 19.8. The molecule has 41 heavy (non-hydrogen) atoms. The van der Waals surface area contributed by atoms with Gasteiger partial charge in [-0.3, -0.25) is 14.2 Å². The summed E-state index contributed by atoms with van der Waals surface area (Å²) in [5.74, 6) is -0.564. The number of rotatable bonds is 8. The molecular formula is C31H33N3O7. The first-order valence-electron chi connectivity index (χ1n) is 14.1. The van der Waals surface area contributed by atoms with E-state index >= 15 is 0 Å². The Labute approximate surface area is 235 Å². The van der Waals surface area contributed by atoms with Crippen LogP contribution in [0.5, 0.6) is 0 Å². The predicted molar refractivity (Wildman–Crippen MR) is 152 cm³/mol. The highest BCUT2D eigenvalue weighted by Crippen LogP contribution is 2.33. The van der Waals surface area contributed by atoms with Gasteiger partial charge in [0.15, 0.2) is 11.2 Å². The number of aromatic nitrogens is 2. The average Bonchev–Trinajstić information content (AvgIpc) is 3.35. The van der Waals surface area contributed by atoms with E-state index in [1.807, 2.05) is 30.3 Å². The fourth-order valence-electron chi connectivity index (χ4n) is 5.82. The molecule has 1 fully saturated rings. The second-order valence-electron chi connectivity index (χ2n) is 10.6. The van der Waals surface area contributed by atoms with E-state index in [0.29, 0.717) is 68.3 Å². The van der Waals surface area contributed by atoms with Gasteiger partial charge < -0.3 is 28.9 Å². The summed E-state index contributed by atoms with van der Waals surface area (Å²) in [5.41, 5.74) is 2.31. The van der Waals surface area contributed by atoms with E-state index in [1.54, 1.807) is 33.7 Å². The molecule has 214 valence electrons. The minimum absolute atomic E-state index is 0.0264. The number of imidazole rings is 1. The van der Waals surface area contributed by atoms with E-state index in [-0.39, 0.29) is 35.4 Å². The molecule has 0 aliphatic carbocycles. The molecule has 0 unspecified atom stereocenters. The summed E-state index contributed by atoms with van der Waals surface area (Å²) in [6.45, 7) is 1.35. The Morgan fingerprint density at radius 2 is 1.83 bits per heavy atom. The number of amides is 1. The van der Waals surface area contributed by atoms with Crippen molar-refractivity contribution < 1.29 is 23.8 Å². The molecule has 10 nitrogen and oxygen atoms in total. The first-order valence-corrected chi connectivity index (χ1v) is 14.1. The molecule has 0 bridgehead atoms. The summed E-state index contributed by atoms with van der Waals surface area (Å²) in [5, 5.41) is 9.58. The van der Waals surface area contributed by atoms with Crippen molar-refractivity contribution in [2.75, 3.05) is 26.3 Å². The highest BCUT2D eigenvalue weighted by Gasteiger charge is 2.34. The van der Waals surface area contributed by atoms with Crippen LogP contribution in [0.1, 0.15) is 49.6 Å². The molecule has 2 aliphatic heterocycles. The Morgan fingerprint density at radius 3 is 2.66 bits per heavy atom. The number of nitrogens with one attached hydrogen (secondary N) is 1. The van der Waals surface area contributed by atoms with Crippen LogP contribution in [0.3, 0.4) is 0 Å². The van der Waals surface area contributed by atoms with Crippen molar-refractivity contribution in [3.05, 3.63) is 92.9 Å². The number of carbonyl (C=O) groups excluding carboxylic acids is 1. The van der Waals surface area contributed by atoms with Crippen LogP contribution >= 0.6 is 0 Å². The highest BCUT2D eigenvalue weighted by atomic mass is 16.7. The lowest BCUT2D eigenvalue weighted by atomic mass is 9.93. The van der Waals surface area contributed by atoms with Crippen molar-refractivity contribution in [2.45, 2.75) is 50.4 Å². The van der Waals surface area contributed by atoms with Crippen LogP contribution in [0.4, 0.5) is 0 Å². The van der Waals surface area contributed by atoms with Crippen LogP contribution < -0.4 is 11.1 Å². The van der Waals surface area contributed by atoms with Crippen molar-refractivity contribution >= 4 is 27.9 Å². The van der Waals surface area contributed by atoms with Gasteiger partial charge >= 0.3 is 5.69 Å². The number of fused-ring (bicyclic) bond motifs is 2. The number of H-pyrrole nitrogens is 1. The molecule has 4 aromatic rings. The zero-order valence-electron chi connectivity index (χ0n) is 22.7. The van der Waals surface area contributed by atoms with Crippen LogP contribution in [-0.4, -0.2) is 58.1 Å². The Kier molecular flexibility index (Phi) is 7.76. The molecule has 0 saturated carbocycles. The van der Waals surface area contributed by atoms with Gasteiger partial charge in [0.1, 0.15) is 5.58 Å². The van der Waals surface area contributed by atoms with E-state index < -0.39 is 12.2 Å². The number of aliphatic hydroxyl groups excluding tert-OH is 1. The standard InChI is InChI=1S/C31H33N3O7/c35-15-5-6-16-39-28-18-20(23-19-40-26-10-4-1-7-22(26)29(23)36)17-27(41-28)30(37)33-13-11-21(12-14-33)34-25-9-3-2-8-24(25)32-31(34)38/h1-4,7-10,17,19-21,28,35H,5-6,11-16,18H2,(H,32,38)/t20-,28+/m0/s1. The van der Waals surface area contributed by atoms with Crippen molar-refractivity contribution in [1.29, 1.82) is 0 Å². The minimum atomic E-state index is -0.726. The number of hydrogen-bond acceptors (Lipinski definition) is 7. The van der Waals surface area contributed by atoms with Crippen LogP contribution in [0.15, 0.2) is 80.6 Å². The van der Waals surface area contributed by atoms with Crippen LogP contribution in [0.2, 0.25) is 0 Å². The van der Waals surface area contributed by atoms with Crippen molar-refractivity contribution in [2.24, 2.45) is 0 Å². The topological polar surface area (TPSA) is 127 Å². The number of aliphatic hydroxyl groups is 1. The molecule has 4 heterocycles. The maximum absolute atomic E-state index is 13.7. The summed E-state index contributed by atoms with van der Waals surface area (Å²) in [7, 11) is 0. The van der Waals surface area contributed by atoms with Crippen molar-refractivity contribution in [3.63, 3.8) is 0 Å². The van der Waals surface area contributed by atoms with Crippen molar-refractivity contribution in [3.8, 4) is 0 Å². The smallest absolute Gasteiger partial charge is 0.326 e. The number of likely N-dealkylation sites (tertiary alicyclic amines) is 1. The number of benzene rings is 2. The number of nitrogens with zero attached hydrogens (tertiary/aromatic N) is 2. The molecule has 2 aromatic heterocycles. The number of allylic oxidation sites excluding steroid dienone is 1. The first-order chi connectivity index (χ1) is 20.0. The van der Waals surface area contributed by atoms with E-state index in [0.717, 1.165) is 11.0 Å². The predicted octanol–water partition coefficient (Wildman–Crippen LogP) is 3.80. The van der Waals surface area contributed by atoms with E-state index in [4.69, 9.17) is 19.0 Å². The zero-order chi connectivity index (χ0) is 28.3. The number of hydrogen-bond donors (Lipinski definition) is 2. The van der Waals surface area contributed by atoms with Gasteiger partial charge in [-0.05, 0) is 56.0 Å². The first kappa shape index (κ1) is 27.0. The average molecular weight is 560 g/mol. The van der Waals surface area contributed by atoms with Crippen molar-refractivity contribution in [1.82, 2.24) is 14.5 Å². The Balaban J connectivity index is 1.22. The molecule has 6 rings (SSSR count). The molecule has 0 radical (unpaired) electrons. The Morgan fingerprint density at radius 1 is 1.05 bits per heavy atom. The van der Waals surface area contributed by atoms with Gasteiger partial charge in [-0.15, -0.1) is 0 Å². The number of piperidine rings is 1. The SMILES string of the molecule is O=C(C1=C[C@H](c2coc3ccccc3c2=O)C[C@H](OCCCCO)O1)N1CCC(n2c(=O)[nH]c3ccccc32)CC1. The maximum atomic E-state index is 13.7. The third kappa shape index (κ3) is 5.45. The summed E-state index contributed by atoms with van der Waals surface area (Å²) in [4.78, 5) is 44.4. The summed E-state index contributed by atoms with van der Waals surface area (Å²) < 4.78 is 19.5. The van der Waals surface area contributed by atoms with Crippen LogP contribution in [0.25, 0.3) is 22.0 Å². The van der Waals surface area contributed by atoms with Gasteiger partial charge in [-0.2, -0.15) is 0 Å². The fraction of sp³-hybridized carbons (Fsp3) is 0.387. The van der Waals surface area contributed by atoms with Crippen LogP contribution in [0, 0.1) is 0 Å². The van der Waals surface area contributed by atoms with Gasteiger partial charge in [0, 0.05) is 43.6 Å². The molecule has 0 spiro atoms. The quantitative estimate of drug-likeness (QED) is 0.315. The highest BCUT2D eigenvalue weighted by molar-refractivity contribution is 5.92.